The van der Waals surface area contributed by atoms with E-state index >= 15 is 0 Å². The Morgan fingerprint density at radius 2 is 2.16 bits per heavy atom. The van der Waals surface area contributed by atoms with E-state index in [1.54, 1.807) is 29.5 Å². The Balaban J connectivity index is 3.21. The lowest BCUT2D eigenvalue weighted by atomic mass is 10.2. The van der Waals surface area contributed by atoms with Crippen LogP contribution in [0.25, 0.3) is 0 Å². The summed E-state index contributed by atoms with van der Waals surface area (Å²) in [6, 6.07) is 0.929. The van der Waals surface area contributed by atoms with Crippen molar-refractivity contribution in [2.45, 2.75) is 19.2 Å². The minimum atomic E-state index is -4.89. The minimum absolute atomic E-state index is 0.0988. The van der Waals surface area contributed by atoms with E-state index in [9.17, 15) is 18.0 Å². The lowest BCUT2D eigenvalue weighted by Crippen LogP contribution is -2.19. The molecule has 1 heterocycles. The Hall–Kier alpha value is -0.770. The second kappa shape index (κ2) is 6.60. The van der Waals surface area contributed by atoms with Gasteiger partial charge in [0.1, 0.15) is 3.70 Å². The monoisotopic (exact) mass is 409 g/mol. The SMILES string of the molecule is CCOC(=O)c1cc(OC(F)(F)F)c(CCl)nc1I. The highest BCUT2D eigenvalue weighted by atomic mass is 127. The average Bonchev–Trinajstić information content (AvgIpc) is 2.29. The quantitative estimate of drug-likeness (QED) is 0.331. The molecule has 0 atom stereocenters. The van der Waals surface area contributed by atoms with Gasteiger partial charge < -0.3 is 9.47 Å². The van der Waals surface area contributed by atoms with Crippen LogP contribution in [0.2, 0.25) is 0 Å². The summed E-state index contributed by atoms with van der Waals surface area (Å²) < 4.78 is 45.4. The molecule has 0 amide bonds. The fourth-order valence-electron chi connectivity index (χ4n) is 1.17. The predicted octanol–water partition coefficient (Wildman–Crippen LogP) is 3.50. The molecule has 0 fully saturated rings. The number of aromatic nitrogens is 1. The first kappa shape index (κ1) is 16.3. The van der Waals surface area contributed by atoms with Crippen molar-refractivity contribution in [2.75, 3.05) is 6.61 Å². The number of hydrogen-bond acceptors (Lipinski definition) is 4. The molecule has 0 aliphatic carbocycles. The van der Waals surface area contributed by atoms with Crippen molar-refractivity contribution in [1.29, 1.82) is 0 Å². The van der Waals surface area contributed by atoms with E-state index in [0.717, 1.165) is 6.07 Å². The van der Waals surface area contributed by atoms with Crippen molar-refractivity contribution in [3.63, 3.8) is 0 Å². The van der Waals surface area contributed by atoms with E-state index in [4.69, 9.17) is 16.3 Å². The standard InChI is InChI=1S/C10H8ClF3INO3/c1-2-18-9(17)5-3-7(19-10(12,13)14)6(4-11)16-8(5)15/h3H,2,4H2,1H3. The molecule has 0 aliphatic rings. The minimum Gasteiger partial charge on any atom is -0.462 e. The zero-order valence-electron chi connectivity index (χ0n) is 9.55. The van der Waals surface area contributed by atoms with E-state index in [-0.39, 0.29) is 27.4 Å². The topological polar surface area (TPSA) is 48.4 Å². The number of ether oxygens (including phenoxy) is 2. The third-order valence-corrected chi connectivity index (χ3v) is 2.94. The van der Waals surface area contributed by atoms with Crippen LogP contribution in [-0.2, 0) is 10.6 Å². The van der Waals surface area contributed by atoms with Gasteiger partial charge in [-0.1, -0.05) is 0 Å². The summed E-state index contributed by atoms with van der Waals surface area (Å²) in [7, 11) is 0. The van der Waals surface area contributed by atoms with E-state index in [2.05, 4.69) is 9.72 Å². The van der Waals surface area contributed by atoms with Gasteiger partial charge in [-0.2, -0.15) is 0 Å². The number of esters is 1. The smallest absolute Gasteiger partial charge is 0.462 e. The third kappa shape index (κ3) is 4.68. The van der Waals surface area contributed by atoms with Gasteiger partial charge in [0, 0.05) is 0 Å². The van der Waals surface area contributed by atoms with Crippen LogP contribution in [0.4, 0.5) is 13.2 Å². The summed E-state index contributed by atoms with van der Waals surface area (Å²) in [5.74, 6) is -1.65. The molecule has 9 heteroatoms. The molecule has 0 N–H and O–H groups in total. The molecule has 19 heavy (non-hydrogen) atoms. The number of alkyl halides is 4. The summed E-state index contributed by atoms with van der Waals surface area (Å²) in [6.45, 7) is 1.68. The number of rotatable bonds is 4. The Labute approximate surface area is 125 Å². The van der Waals surface area contributed by atoms with E-state index in [1.807, 2.05) is 0 Å². The molecule has 1 aromatic heterocycles. The van der Waals surface area contributed by atoms with E-state index in [1.165, 1.54) is 0 Å². The van der Waals surface area contributed by atoms with Crippen LogP contribution < -0.4 is 4.74 Å². The van der Waals surface area contributed by atoms with Crippen molar-refractivity contribution in [3.05, 3.63) is 21.0 Å². The summed E-state index contributed by atoms with van der Waals surface area (Å²) in [5.41, 5.74) is -0.202. The zero-order valence-corrected chi connectivity index (χ0v) is 12.5. The van der Waals surface area contributed by atoms with E-state index < -0.39 is 18.1 Å². The molecule has 1 aromatic rings. The van der Waals surface area contributed by atoms with Crippen molar-refractivity contribution < 1.29 is 27.4 Å². The molecule has 0 aromatic carbocycles. The van der Waals surface area contributed by atoms with Crippen molar-refractivity contribution in [3.8, 4) is 5.75 Å². The maximum atomic E-state index is 12.2. The van der Waals surface area contributed by atoms with Crippen molar-refractivity contribution >= 4 is 40.2 Å². The predicted molar refractivity (Wildman–Crippen MR) is 69.2 cm³/mol. The van der Waals surface area contributed by atoms with Crippen molar-refractivity contribution in [2.24, 2.45) is 0 Å². The van der Waals surface area contributed by atoms with Crippen LogP contribution in [0.3, 0.4) is 0 Å². The van der Waals surface area contributed by atoms with Gasteiger partial charge in [-0.15, -0.1) is 24.8 Å². The first-order valence-electron chi connectivity index (χ1n) is 4.96. The van der Waals surface area contributed by atoms with Crippen molar-refractivity contribution in [1.82, 2.24) is 4.98 Å². The molecule has 106 valence electrons. The first-order chi connectivity index (χ1) is 8.78. The number of halogens is 5. The van der Waals surface area contributed by atoms with Gasteiger partial charge in [0.25, 0.3) is 0 Å². The highest BCUT2D eigenvalue weighted by Crippen LogP contribution is 2.29. The fraction of sp³-hybridized carbons (Fsp3) is 0.400. The molecule has 0 unspecified atom stereocenters. The maximum absolute atomic E-state index is 12.2. The van der Waals surface area contributed by atoms with Gasteiger partial charge >= 0.3 is 12.3 Å². The molecule has 4 nitrogen and oxygen atoms in total. The summed E-state index contributed by atoms with van der Waals surface area (Å²) in [4.78, 5) is 15.4. The third-order valence-electron chi connectivity index (χ3n) is 1.86. The Morgan fingerprint density at radius 1 is 1.53 bits per heavy atom. The highest BCUT2D eigenvalue weighted by Gasteiger charge is 2.33. The van der Waals surface area contributed by atoms with Crippen LogP contribution in [-0.4, -0.2) is 23.9 Å². The second-order valence-corrected chi connectivity index (χ2v) is 4.46. The fourth-order valence-corrected chi connectivity index (χ4v) is 2.03. The van der Waals surface area contributed by atoms with Gasteiger partial charge in [-0.3, -0.25) is 0 Å². The van der Waals surface area contributed by atoms with Crippen LogP contribution >= 0.6 is 34.2 Å². The normalized spacial score (nSPS) is 11.3. The Morgan fingerprint density at radius 3 is 2.63 bits per heavy atom. The number of carbonyl (C=O) groups is 1. The van der Waals surface area contributed by atoms with Gasteiger partial charge in [0.15, 0.2) is 5.75 Å². The molecule has 0 saturated heterocycles. The molecule has 0 radical (unpaired) electrons. The van der Waals surface area contributed by atoms with Gasteiger partial charge in [-0.05, 0) is 35.6 Å². The second-order valence-electron chi connectivity index (χ2n) is 3.17. The number of nitrogens with zero attached hydrogens (tertiary/aromatic N) is 1. The molecule has 0 aliphatic heterocycles. The zero-order chi connectivity index (χ0) is 14.6. The van der Waals surface area contributed by atoms with Gasteiger partial charge in [0.2, 0.25) is 0 Å². The Bertz CT molecular complexity index is 482. The molecule has 0 saturated carbocycles. The highest BCUT2D eigenvalue weighted by molar-refractivity contribution is 14.1. The van der Waals surface area contributed by atoms with Gasteiger partial charge in [0.05, 0.1) is 23.7 Å². The van der Waals surface area contributed by atoms with Crippen LogP contribution in [0.5, 0.6) is 5.75 Å². The number of carbonyl (C=O) groups excluding carboxylic acids is 1. The average molecular weight is 410 g/mol. The molecular formula is C10H8ClF3INO3. The molecule has 0 spiro atoms. The van der Waals surface area contributed by atoms with Crippen LogP contribution in [0, 0.1) is 3.70 Å². The molecule has 1 rings (SSSR count). The first-order valence-corrected chi connectivity index (χ1v) is 6.58. The lowest BCUT2D eigenvalue weighted by molar-refractivity contribution is -0.275. The number of pyridine rings is 1. The lowest BCUT2D eigenvalue weighted by Gasteiger charge is -2.13. The summed E-state index contributed by atoms with van der Waals surface area (Å²) in [5, 5.41) is 0. The summed E-state index contributed by atoms with van der Waals surface area (Å²) in [6.07, 6.45) is -4.89. The van der Waals surface area contributed by atoms with E-state index in [0.29, 0.717) is 0 Å². The Kier molecular flexibility index (Phi) is 5.65. The number of hydrogen-bond donors (Lipinski definition) is 0. The molecule has 0 bridgehead atoms. The summed E-state index contributed by atoms with van der Waals surface area (Å²) >= 11 is 7.21. The van der Waals surface area contributed by atoms with Crippen LogP contribution in [0.15, 0.2) is 6.07 Å². The van der Waals surface area contributed by atoms with Gasteiger partial charge in [-0.25, -0.2) is 9.78 Å². The molecular weight excluding hydrogens is 401 g/mol. The maximum Gasteiger partial charge on any atom is 0.573 e. The van der Waals surface area contributed by atoms with Crippen LogP contribution in [0.1, 0.15) is 23.0 Å². The largest absolute Gasteiger partial charge is 0.573 e.